The van der Waals surface area contributed by atoms with E-state index in [0.717, 1.165) is 11.5 Å². The number of rotatable bonds is 4. The average molecular weight is 253 g/mol. The second-order valence-electron chi connectivity index (χ2n) is 3.64. The normalized spacial score (nSPS) is 19.9. The third-order valence-electron chi connectivity index (χ3n) is 2.42. The first-order chi connectivity index (χ1) is 8.31. The van der Waals surface area contributed by atoms with E-state index in [1.165, 1.54) is 0 Å². The van der Waals surface area contributed by atoms with Crippen LogP contribution < -0.4 is 4.74 Å². The minimum absolute atomic E-state index is 0.00810. The maximum absolute atomic E-state index is 12.1. The van der Waals surface area contributed by atoms with Crippen LogP contribution in [0, 0.1) is 0 Å². The zero-order chi connectivity index (χ0) is 12.1. The van der Waals surface area contributed by atoms with Gasteiger partial charge in [0.2, 0.25) is 0 Å². The van der Waals surface area contributed by atoms with Crippen LogP contribution in [-0.4, -0.2) is 41.6 Å². The Balaban J connectivity index is 2.09. The Labute approximate surface area is 105 Å². The topological polar surface area (TPSA) is 48.4 Å². The lowest BCUT2D eigenvalue weighted by Crippen LogP contribution is -2.31. The summed E-state index contributed by atoms with van der Waals surface area (Å²) in [5.74, 6) is 2.30. The highest BCUT2D eigenvalue weighted by molar-refractivity contribution is 7.99. The summed E-state index contributed by atoms with van der Waals surface area (Å²) in [4.78, 5) is 16.1. The summed E-state index contributed by atoms with van der Waals surface area (Å²) in [5, 5.41) is 0. The molecule has 2 rings (SSSR count). The summed E-state index contributed by atoms with van der Waals surface area (Å²) in [5.41, 5.74) is 0.559. The molecule has 2 heterocycles. The molecule has 5 heteroatoms. The molecule has 0 spiro atoms. The van der Waals surface area contributed by atoms with Gasteiger partial charge in [-0.15, -0.1) is 0 Å². The zero-order valence-electron chi connectivity index (χ0n) is 9.72. The first kappa shape index (κ1) is 12.4. The van der Waals surface area contributed by atoms with Crippen molar-refractivity contribution in [3.05, 3.63) is 24.0 Å². The summed E-state index contributed by atoms with van der Waals surface area (Å²) in [7, 11) is 0. The van der Waals surface area contributed by atoms with Gasteiger partial charge < -0.3 is 9.47 Å². The van der Waals surface area contributed by atoms with Crippen molar-refractivity contribution in [2.45, 2.75) is 13.0 Å². The van der Waals surface area contributed by atoms with E-state index in [1.807, 2.05) is 6.92 Å². The first-order valence-corrected chi connectivity index (χ1v) is 6.78. The van der Waals surface area contributed by atoms with Crippen LogP contribution in [0.5, 0.6) is 5.75 Å². The van der Waals surface area contributed by atoms with E-state index in [-0.39, 0.29) is 11.9 Å². The van der Waals surface area contributed by atoms with Crippen molar-refractivity contribution >= 4 is 17.5 Å². The fourth-order valence-electron chi connectivity index (χ4n) is 1.62. The van der Waals surface area contributed by atoms with E-state index in [4.69, 9.17) is 9.47 Å². The molecule has 1 fully saturated rings. The van der Waals surface area contributed by atoms with E-state index < -0.39 is 0 Å². The van der Waals surface area contributed by atoms with Crippen LogP contribution in [0.25, 0.3) is 0 Å². The van der Waals surface area contributed by atoms with Crippen molar-refractivity contribution < 1.29 is 14.3 Å². The molecular formula is C12H15NO3S. The van der Waals surface area contributed by atoms with Gasteiger partial charge in [-0.1, -0.05) is 0 Å². The number of ketones is 1. The molecule has 0 saturated carbocycles. The predicted octanol–water partition coefficient (Wildman–Crippen LogP) is 1.79. The van der Waals surface area contributed by atoms with E-state index in [0.29, 0.717) is 24.5 Å². The van der Waals surface area contributed by atoms with Crippen molar-refractivity contribution in [1.82, 2.24) is 4.98 Å². The highest BCUT2D eigenvalue weighted by atomic mass is 32.2. The average Bonchev–Trinajstić information content (AvgIpc) is 2.40. The number of thioether (sulfide) groups is 1. The van der Waals surface area contributed by atoms with Gasteiger partial charge in [-0.3, -0.25) is 9.78 Å². The van der Waals surface area contributed by atoms with Crippen LogP contribution in [0.2, 0.25) is 0 Å². The first-order valence-electron chi connectivity index (χ1n) is 5.62. The fourth-order valence-corrected chi connectivity index (χ4v) is 2.47. The van der Waals surface area contributed by atoms with Crippen LogP contribution in [0.4, 0.5) is 0 Å². The van der Waals surface area contributed by atoms with E-state index in [9.17, 15) is 4.79 Å². The van der Waals surface area contributed by atoms with Crippen molar-refractivity contribution in [3.63, 3.8) is 0 Å². The minimum atomic E-state index is -0.340. The molecule has 0 bridgehead atoms. The molecule has 0 aliphatic carbocycles. The third kappa shape index (κ3) is 3.20. The van der Waals surface area contributed by atoms with Crippen LogP contribution >= 0.6 is 11.8 Å². The second kappa shape index (κ2) is 6.02. The van der Waals surface area contributed by atoms with Gasteiger partial charge in [0.25, 0.3) is 0 Å². The summed E-state index contributed by atoms with van der Waals surface area (Å²) < 4.78 is 10.8. The predicted molar refractivity (Wildman–Crippen MR) is 66.8 cm³/mol. The van der Waals surface area contributed by atoms with Gasteiger partial charge in [-0.25, -0.2) is 0 Å². The van der Waals surface area contributed by atoms with Crippen LogP contribution in [-0.2, 0) is 4.74 Å². The second-order valence-corrected chi connectivity index (χ2v) is 4.79. The van der Waals surface area contributed by atoms with Gasteiger partial charge in [-0.05, 0) is 13.0 Å². The number of hydrogen-bond acceptors (Lipinski definition) is 5. The molecule has 0 amide bonds. The standard InChI is InChI=1S/C12H15NO3S/c1-2-15-10-5-9(6-13-7-10)12(14)11-8-17-4-3-16-11/h5-7,11H,2-4,8H2,1H3. The number of nitrogens with zero attached hydrogens (tertiary/aromatic N) is 1. The Hall–Kier alpha value is -1.07. The lowest BCUT2D eigenvalue weighted by molar-refractivity contribution is 0.0518. The SMILES string of the molecule is CCOc1cncc(C(=O)C2CSCCO2)c1. The number of hydrogen-bond donors (Lipinski definition) is 0. The van der Waals surface area contributed by atoms with Gasteiger partial charge in [-0.2, -0.15) is 11.8 Å². The molecular weight excluding hydrogens is 238 g/mol. The molecule has 0 N–H and O–H groups in total. The molecule has 0 aromatic carbocycles. The molecule has 4 nitrogen and oxygen atoms in total. The molecule has 0 radical (unpaired) electrons. The smallest absolute Gasteiger partial charge is 0.194 e. The molecule has 17 heavy (non-hydrogen) atoms. The summed E-state index contributed by atoms with van der Waals surface area (Å²) in [6.07, 6.45) is 2.83. The largest absolute Gasteiger partial charge is 0.492 e. The van der Waals surface area contributed by atoms with Crippen LogP contribution in [0.1, 0.15) is 17.3 Å². The molecule has 1 saturated heterocycles. The van der Waals surface area contributed by atoms with Gasteiger partial charge >= 0.3 is 0 Å². The number of pyridine rings is 1. The maximum atomic E-state index is 12.1. The Morgan fingerprint density at radius 1 is 1.65 bits per heavy atom. The third-order valence-corrected chi connectivity index (χ3v) is 3.41. The molecule has 92 valence electrons. The molecule has 1 atom stereocenters. The number of ether oxygens (including phenoxy) is 2. The summed E-state index contributed by atoms with van der Waals surface area (Å²) in [6, 6.07) is 1.72. The fraction of sp³-hybridized carbons (Fsp3) is 0.500. The van der Waals surface area contributed by atoms with E-state index >= 15 is 0 Å². The quantitative estimate of drug-likeness (QED) is 0.766. The lowest BCUT2D eigenvalue weighted by Gasteiger charge is -2.20. The Kier molecular flexibility index (Phi) is 4.39. The molecule has 1 unspecified atom stereocenters. The Morgan fingerprint density at radius 3 is 3.24 bits per heavy atom. The monoisotopic (exact) mass is 253 g/mol. The minimum Gasteiger partial charge on any atom is -0.492 e. The lowest BCUT2D eigenvalue weighted by atomic mass is 10.1. The van der Waals surface area contributed by atoms with Crippen molar-refractivity contribution in [2.24, 2.45) is 0 Å². The van der Waals surface area contributed by atoms with E-state index in [1.54, 1.807) is 30.2 Å². The van der Waals surface area contributed by atoms with Crippen molar-refractivity contribution in [3.8, 4) is 5.75 Å². The highest BCUT2D eigenvalue weighted by Gasteiger charge is 2.24. The summed E-state index contributed by atoms with van der Waals surface area (Å²) in [6.45, 7) is 3.10. The number of carbonyl (C=O) groups is 1. The Bertz CT molecular complexity index is 391. The number of aromatic nitrogens is 1. The molecule has 1 aliphatic rings. The Morgan fingerprint density at radius 2 is 2.53 bits per heavy atom. The number of Topliss-reactive ketones (excluding diaryl/α,β-unsaturated/α-hetero) is 1. The van der Waals surface area contributed by atoms with Gasteiger partial charge in [0.05, 0.1) is 19.4 Å². The highest BCUT2D eigenvalue weighted by Crippen LogP contribution is 2.18. The van der Waals surface area contributed by atoms with E-state index in [2.05, 4.69) is 4.98 Å². The van der Waals surface area contributed by atoms with Crippen molar-refractivity contribution in [1.29, 1.82) is 0 Å². The summed E-state index contributed by atoms with van der Waals surface area (Å²) >= 11 is 1.74. The van der Waals surface area contributed by atoms with Gasteiger partial charge in [0.15, 0.2) is 5.78 Å². The zero-order valence-corrected chi connectivity index (χ0v) is 10.5. The maximum Gasteiger partial charge on any atom is 0.194 e. The molecule has 1 aromatic rings. The number of carbonyl (C=O) groups excluding carboxylic acids is 1. The molecule has 1 aromatic heterocycles. The van der Waals surface area contributed by atoms with Gasteiger partial charge in [0.1, 0.15) is 11.9 Å². The van der Waals surface area contributed by atoms with Crippen molar-refractivity contribution in [2.75, 3.05) is 24.7 Å². The van der Waals surface area contributed by atoms with Gasteiger partial charge in [0, 0.05) is 23.3 Å². The van der Waals surface area contributed by atoms with Crippen LogP contribution in [0.15, 0.2) is 18.5 Å². The molecule has 1 aliphatic heterocycles. The van der Waals surface area contributed by atoms with Crippen LogP contribution in [0.3, 0.4) is 0 Å².